The van der Waals surface area contributed by atoms with Gasteiger partial charge in [0.2, 0.25) is 5.91 Å². The summed E-state index contributed by atoms with van der Waals surface area (Å²) in [6.07, 6.45) is -0.699. The Labute approximate surface area is 240 Å². The molecule has 0 atom stereocenters. The Morgan fingerprint density at radius 1 is 0.810 bits per heavy atom. The Morgan fingerprint density at radius 3 is 2.24 bits per heavy atom. The van der Waals surface area contributed by atoms with Crippen LogP contribution in [0.1, 0.15) is 16.7 Å². The molecule has 1 aliphatic heterocycles. The van der Waals surface area contributed by atoms with Gasteiger partial charge < -0.3 is 15.1 Å². The molecule has 3 aromatic heterocycles. The number of fused-ring (bicyclic) bond motifs is 1. The zero-order valence-corrected chi connectivity index (χ0v) is 22.6. The summed E-state index contributed by atoms with van der Waals surface area (Å²) in [5.41, 5.74) is 1.30. The first-order valence-corrected chi connectivity index (χ1v) is 13.6. The van der Waals surface area contributed by atoms with Crippen LogP contribution >= 0.6 is 0 Å². The summed E-state index contributed by atoms with van der Waals surface area (Å²) in [5, 5.41) is 12.6. The fraction of sp³-hybridized carbons (Fsp3) is 0.226. The third kappa shape index (κ3) is 5.90. The highest BCUT2D eigenvalue weighted by Crippen LogP contribution is 2.30. The average Bonchev–Trinajstić information content (AvgIpc) is 3.38. The van der Waals surface area contributed by atoms with Crippen molar-refractivity contribution in [3.63, 3.8) is 0 Å². The largest absolute Gasteiger partial charge is 0.416 e. The SMILES string of the molecule is O=C(Cc1cn(-c2ccc(N3CCN(c4ccccn4)CC3)nn2)c2ccccc12)NCc1cccc(C(F)(F)F)c1. The van der Waals surface area contributed by atoms with Crippen molar-refractivity contribution in [3.05, 3.63) is 108 Å². The minimum absolute atomic E-state index is 0.00442. The molecule has 0 bridgehead atoms. The lowest BCUT2D eigenvalue weighted by atomic mass is 10.1. The van der Waals surface area contributed by atoms with Crippen molar-refractivity contribution in [1.82, 2.24) is 25.1 Å². The molecular formula is C31H28F3N7O. The van der Waals surface area contributed by atoms with Crippen LogP contribution in [-0.4, -0.2) is 51.8 Å². The Morgan fingerprint density at radius 2 is 1.52 bits per heavy atom. The fourth-order valence-electron chi connectivity index (χ4n) is 5.20. The predicted octanol–water partition coefficient (Wildman–Crippen LogP) is 5.02. The molecule has 11 heteroatoms. The molecule has 6 rings (SSSR count). The van der Waals surface area contributed by atoms with E-state index in [1.165, 1.54) is 6.07 Å². The highest BCUT2D eigenvalue weighted by molar-refractivity contribution is 5.90. The van der Waals surface area contributed by atoms with Crippen molar-refractivity contribution in [1.29, 1.82) is 0 Å². The first-order valence-electron chi connectivity index (χ1n) is 13.6. The van der Waals surface area contributed by atoms with E-state index < -0.39 is 11.7 Å². The second-order valence-corrected chi connectivity index (χ2v) is 10.1. The number of alkyl halides is 3. The van der Waals surface area contributed by atoms with Gasteiger partial charge in [0.05, 0.1) is 17.5 Å². The standard InChI is InChI=1S/C31H28F3N7O/c32-31(33,34)24-7-5-6-22(18-24)20-36-30(42)19-23-21-41(26-9-2-1-8-25(23)26)29-12-11-28(37-38-29)40-16-14-39(15-17-40)27-10-3-4-13-35-27/h1-13,18,21H,14-17,19-20H2,(H,36,42). The minimum Gasteiger partial charge on any atom is -0.353 e. The molecule has 1 N–H and O–H groups in total. The molecule has 0 spiro atoms. The molecule has 5 aromatic rings. The fourth-order valence-corrected chi connectivity index (χ4v) is 5.20. The highest BCUT2D eigenvalue weighted by atomic mass is 19.4. The van der Waals surface area contributed by atoms with E-state index in [9.17, 15) is 18.0 Å². The van der Waals surface area contributed by atoms with Gasteiger partial charge in [0.15, 0.2) is 11.6 Å². The van der Waals surface area contributed by atoms with Crippen LogP contribution in [0.4, 0.5) is 24.8 Å². The number of aromatic nitrogens is 4. The highest BCUT2D eigenvalue weighted by Gasteiger charge is 2.30. The molecule has 0 radical (unpaired) electrons. The average molecular weight is 572 g/mol. The van der Waals surface area contributed by atoms with Gasteiger partial charge in [-0.3, -0.25) is 9.36 Å². The number of nitrogens with one attached hydrogen (secondary N) is 1. The molecule has 8 nitrogen and oxygen atoms in total. The number of amides is 1. The van der Waals surface area contributed by atoms with E-state index in [-0.39, 0.29) is 18.9 Å². The maximum absolute atomic E-state index is 13.0. The number of rotatable bonds is 7. The summed E-state index contributed by atoms with van der Waals surface area (Å²) in [4.78, 5) is 21.7. The lowest BCUT2D eigenvalue weighted by Crippen LogP contribution is -2.47. The molecule has 0 aliphatic carbocycles. The van der Waals surface area contributed by atoms with E-state index in [1.54, 1.807) is 12.3 Å². The lowest BCUT2D eigenvalue weighted by Gasteiger charge is -2.35. The van der Waals surface area contributed by atoms with Gasteiger partial charge in [0, 0.05) is 50.5 Å². The topological polar surface area (TPSA) is 79.2 Å². The number of hydrogen-bond acceptors (Lipinski definition) is 6. The molecule has 42 heavy (non-hydrogen) atoms. The maximum atomic E-state index is 13.0. The zero-order chi connectivity index (χ0) is 29.1. The van der Waals surface area contributed by atoms with Gasteiger partial charge in [-0.25, -0.2) is 4.98 Å². The second-order valence-electron chi connectivity index (χ2n) is 10.1. The molecule has 1 saturated heterocycles. The zero-order valence-electron chi connectivity index (χ0n) is 22.6. The summed E-state index contributed by atoms with van der Waals surface area (Å²) in [6.45, 7) is 3.28. The Hall–Kier alpha value is -4.93. The monoisotopic (exact) mass is 571 g/mol. The third-order valence-corrected chi connectivity index (χ3v) is 7.35. The number of carbonyl (C=O) groups excluding carboxylic acids is 1. The van der Waals surface area contributed by atoms with E-state index in [0.29, 0.717) is 11.4 Å². The van der Waals surface area contributed by atoms with Crippen molar-refractivity contribution in [2.75, 3.05) is 36.0 Å². The number of para-hydroxylation sites is 1. The molecule has 2 aromatic carbocycles. The number of pyridine rings is 1. The molecule has 0 saturated carbocycles. The van der Waals surface area contributed by atoms with Crippen molar-refractivity contribution in [3.8, 4) is 5.82 Å². The molecular weight excluding hydrogens is 543 g/mol. The quantitative estimate of drug-likeness (QED) is 0.296. The van der Waals surface area contributed by atoms with Gasteiger partial charge in [-0.1, -0.05) is 36.4 Å². The van der Waals surface area contributed by atoms with E-state index in [0.717, 1.165) is 66.4 Å². The van der Waals surface area contributed by atoms with Gasteiger partial charge in [0.1, 0.15) is 5.82 Å². The first kappa shape index (κ1) is 27.3. The van der Waals surface area contributed by atoms with E-state index >= 15 is 0 Å². The summed E-state index contributed by atoms with van der Waals surface area (Å²) < 4.78 is 41.0. The van der Waals surface area contributed by atoms with Gasteiger partial charge >= 0.3 is 6.18 Å². The Kier molecular flexibility index (Phi) is 7.47. The van der Waals surface area contributed by atoms with Crippen molar-refractivity contribution < 1.29 is 18.0 Å². The van der Waals surface area contributed by atoms with E-state index in [1.807, 2.05) is 65.4 Å². The van der Waals surface area contributed by atoms with Crippen LogP contribution in [0.2, 0.25) is 0 Å². The van der Waals surface area contributed by atoms with Gasteiger partial charge in [0.25, 0.3) is 0 Å². The first-order chi connectivity index (χ1) is 20.3. The summed E-state index contributed by atoms with van der Waals surface area (Å²) >= 11 is 0. The van der Waals surface area contributed by atoms with Gasteiger partial charge in [-0.05, 0) is 53.6 Å². The number of piperazine rings is 1. The minimum atomic E-state index is -4.43. The molecule has 214 valence electrons. The number of hydrogen-bond donors (Lipinski definition) is 1. The summed E-state index contributed by atoms with van der Waals surface area (Å²) in [5.74, 6) is 2.10. The molecule has 1 amide bonds. The van der Waals surface area contributed by atoms with Crippen molar-refractivity contribution in [2.24, 2.45) is 0 Å². The van der Waals surface area contributed by atoms with Crippen molar-refractivity contribution >= 4 is 28.4 Å². The lowest BCUT2D eigenvalue weighted by molar-refractivity contribution is -0.137. The van der Waals surface area contributed by atoms with Crippen LogP contribution in [-0.2, 0) is 23.9 Å². The van der Waals surface area contributed by atoms with Crippen LogP contribution in [0.15, 0.2) is 91.3 Å². The molecule has 0 unspecified atom stereocenters. The smallest absolute Gasteiger partial charge is 0.353 e. The summed E-state index contributed by atoms with van der Waals surface area (Å²) in [6, 6.07) is 22.4. The van der Waals surface area contributed by atoms with E-state index in [2.05, 4.69) is 30.3 Å². The normalized spacial score (nSPS) is 13.9. The van der Waals surface area contributed by atoms with Crippen molar-refractivity contribution in [2.45, 2.75) is 19.1 Å². The molecule has 1 aliphatic rings. The number of nitrogens with zero attached hydrogens (tertiary/aromatic N) is 6. The van der Waals surface area contributed by atoms with Gasteiger partial charge in [-0.2, -0.15) is 13.2 Å². The Bertz CT molecular complexity index is 1680. The molecule has 4 heterocycles. The van der Waals surface area contributed by atoms with Crippen LogP contribution in [0, 0.1) is 0 Å². The number of carbonyl (C=O) groups is 1. The summed E-state index contributed by atoms with van der Waals surface area (Å²) in [7, 11) is 0. The Balaban J connectivity index is 1.13. The third-order valence-electron chi connectivity index (χ3n) is 7.35. The number of halogens is 3. The maximum Gasteiger partial charge on any atom is 0.416 e. The molecule has 1 fully saturated rings. The second kappa shape index (κ2) is 11.5. The van der Waals surface area contributed by atoms with Crippen LogP contribution in [0.5, 0.6) is 0 Å². The van der Waals surface area contributed by atoms with Crippen LogP contribution in [0.25, 0.3) is 16.7 Å². The predicted molar refractivity (Wildman–Crippen MR) is 155 cm³/mol. The number of anilines is 2. The van der Waals surface area contributed by atoms with Crippen LogP contribution in [0.3, 0.4) is 0 Å². The van der Waals surface area contributed by atoms with E-state index in [4.69, 9.17) is 0 Å². The van der Waals surface area contributed by atoms with Crippen LogP contribution < -0.4 is 15.1 Å². The number of benzene rings is 2. The van der Waals surface area contributed by atoms with Gasteiger partial charge in [-0.15, -0.1) is 10.2 Å².